The molecule has 1 heterocycles. The third kappa shape index (κ3) is 1.45. The molecule has 0 saturated carbocycles. The van der Waals surface area contributed by atoms with Crippen molar-refractivity contribution in [3.63, 3.8) is 0 Å². The summed E-state index contributed by atoms with van der Waals surface area (Å²) in [6, 6.07) is 3.38. The van der Waals surface area contributed by atoms with E-state index in [4.69, 9.17) is 15.7 Å². The van der Waals surface area contributed by atoms with Crippen LogP contribution in [0.5, 0.6) is 5.75 Å². The Morgan fingerprint density at radius 2 is 2.50 bits per heavy atom. The number of oxime groups is 1. The molecule has 0 unspecified atom stereocenters. The maximum atomic E-state index is 8.38. The Kier molecular flexibility index (Phi) is 2.47. The summed E-state index contributed by atoms with van der Waals surface area (Å²) in [7, 11) is 1.49. The quantitative estimate of drug-likeness (QED) is 0.285. The molecule has 5 heteroatoms. The number of methoxy groups -OCH3 is 1. The number of hydrogen-bond acceptors (Lipinski definition) is 4. The molecule has 1 rings (SSSR count). The first-order valence-corrected chi connectivity index (χ1v) is 3.26. The molecule has 0 aliphatic carbocycles. The molecule has 5 nitrogen and oxygen atoms in total. The van der Waals surface area contributed by atoms with Gasteiger partial charge in [0.1, 0.15) is 5.75 Å². The average molecular weight is 167 g/mol. The molecule has 0 atom stereocenters. The first-order chi connectivity index (χ1) is 5.79. The molecule has 12 heavy (non-hydrogen) atoms. The van der Waals surface area contributed by atoms with E-state index < -0.39 is 0 Å². The molecule has 3 N–H and O–H groups in total. The molecule has 0 bridgehead atoms. The van der Waals surface area contributed by atoms with Gasteiger partial charge in [-0.2, -0.15) is 0 Å². The van der Waals surface area contributed by atoms with Gasteiger partial charge >= 0.3 is 0 Å². The lowest BCUT2D eigenvalue weighted by molar-refractivity contribution is 0.318. The molecule has 0 radical (unpaired) electrons. The zero-order valence-electron chi connectivity index (χ0n) is 6.56. The van der Waals surface area contributed by atoms with Crippen molar-refractivity contribution in [3.8, 4) is 5.75 Å². The van der Waals surface area contributed by atoms with Crippen LogP contribution >= 0.6 is 0 Å². The highest BCUT2D eigenvalue weighted by molar-refractivity contribution is 5.97. The van der Waals surface area contributed by atoms with Gasteiger partial charge in [-0.05, 0) is 12.1 Å². The van der Waals surface area contributed by atoms with Gasteiger partial charge in [0.05, 0.1) is 7.11 Å². The molecule has 0 aliphatic rings. The van der Waals surface area contributed by atoms with Gasteiger partial charge in [0.25, 0.3) is 0 Å². The largest absolute Gasteiger partial charge is 0.494 e. The standard InChI is InChI=1S/C7H9N3O2/c1-12-5-3-2-4-9-6(5)7(8)10-11/h2-4,11H,1H3,(H2,8,10). The molecular weight excluding hydrogens is 158 g/mol. The molecule has 1 aromatic heterocycles. The van der Waals surface area contributed by atoms with Crippen LogP contribution in [0.15, 0.2) is 23.5 Å². The van der Waals surface area contributed by atoms with Crippen molar-refractivity contribution in [1.29, 1.82) is 0 Å². The van der Waals surface area contributed by atoms with Crippen LogP contribution in [0.2, 0.25) is 0 Å². The highest BCUT2D eigenvalue weighted by atomic mass is 16.5. The van der Waals surface area contributed by atoms with Gasteiger partial charge < -0.3 is 15.7 Å². The summed E-state index contributed by atoms with van der Waals surface area (Å²) in [4.78, 5) is 3.88. The fourth-order valence-corrected chi connectivity index (χ4v) is 0.795. The lowest BCUT2D eigenvalue weighted by Crippen LogP contribution is -2.15. The SMILES string of the molecule is COc1cccnc1C(N)=NO. The maximum absolute atomic E-state index is 8.38. The molecule has 0 saturated heterocycles. The fourth-order valence-electron chi connectivity index (χ4n) is 0.795. The van der Waals surface area contributed by atoms with Crippen molar-refractivity contribution in [3.05, 3.63) is 24.0 Å². The van der Waals surface area contributed by atoms with E-state index in [0.717, 1.165) is 0 Å². The number of hydrogen-bond donors (Lipinski definition) is 2. The monoisotopic (exact) mass is 167 g/mol. The van der Waals surface area contributed by atoms with Gasteiger partial charge in [0.2, 0.25) is 0 Å². The number of ether oxygens (including phenoxy) is 1. The second-order valence-corrected chi connectivity index (χ2v) is 2.04. The number of aromatic nitrogens is 1. The lowest BCUT2D eigenvalue weighted by atomic mass is 10.3. The van der Waals surface area contributed by atoms with Gasteiger partial charge in [-0.1, -0.05) is 5.16 Å². The van der Waals surface area contributed by atoms with Gasteiger partial charge in [-0.25, -0.2) is 4.98 Å². The maximum Gasteiger partial charge on any atom is 0.192 e. The lowest BCUT2D eigenvalue weighted by Gasteiger charge is -2.03. The third-order valence-electron chi connectivity index (χ3n) is 1.34. The van der Waals surface area contributed by atoms with E-state index in [1.807, 2.05) is 0 Å². The topological polar surface area (TPSA) is 80.7 Å². The van der Waals surface area contributed by atoms with Crippen molar-refractivity contribution >= 4 is 5.84 Å². The van der Waals surface area contributed by atoms with Crippen molar-refractivity contribution in [2.24, 2.45) is 10.9 Å². The van der Waals surface area contributed by atoms with E-state index in [1.165, 1.54) is 13.3 Å². The normalized spacial score (nSPS) is 11.2. The zero-order valence-corrected chi connectivity index (χ0v) is 6.56. The number of nitrogens with two attached hydrogens (primary N) is 1. The van der Waals surface area contributed by atoms with Crippen molar-refractivity contribution in [1.82, 2.24) is 4.98 Å². The smallest absolute Gasteiger partial charge is 0.192 e. The summed E-state index contributed by atoms with van der Waals surface area (Å²) in [5.41, 5.74) is 5.66. The average Bonchev–Trinajstić information content (AvgIpc) is 2.16. The van der Waals surface area contributed by atoms with Gasteiger partial charge in [-0.15, -0.1) is 0 Å². The van der Waals surface area contributed by atoms with Gasteiger partial charge in [0.15, 0.2) is 11.5 Å². The summed E-state index contributed by atoms with van der Waals surface area (Å²) in [6.45, 7) is 0. The first-order valence-electron chi connectivity index (χ1n) is 3.26. The first kappa shape index (κ1) is 8.32. The Bertz CT molecular complexity index is 298. The molecule has 0 amide bonds. The highest BCUT2D eigenvalue weighted by Crippen LogP contribution is 2.13. The van der Waals surface area contributed by atoms with Crippen molar-refractivity contribution < 1.29 is 9.94 Å². The predicted octanol–water partition coefficient (Wildman–Crippen LogP) is 0.185. The van der Waals surface area contributed by atoms with E-state index in [9.17, 15) is 0 Å². The van der Waals surface area contributed by atoms with Crippen LogP contribution in [0, 0.1) is 0 Å². The second kappa shape index (κ2) is 3.56. The van der Waals surface area contributed by atoms with Crippen LogP contribution in [-0.2, 0) is 0 Å². The molecule has 0 aromatic carbocycles. The third-order valence-corrected chi connectivity index (χ3v) is 1.34. The molecule has 1 aromatic rings. The number of rotatable bonds is 2. The molecule has 0 aliphatic heterocycles. The molecule has 0 fully saturated rings. The Morgan fingerprint density at radius 3 is 3.08 bits per heavy atom. The van der Waals surface area contributed by atoms with Crippen molar-refractivity contribution in [2.45, 2.75) is 0 Å². The minimum atomic E-state index is -0.0625. The summed E-state index contributed by atoms with van der Waals surface area (Å²) >= 11 is 0. The van der Waals surface area contributed by atoms with Crippen LogP contribution in [-0.4, -0.2) is 23.1 Å². The Morgan fingerprint density at radius 1 is 1.75 bits per heavy atom. The summed E-state index contributed by atoms with van der Waals surface area (Å²) in [6.07, 6.45) is 1.54. The summed E-state index contributed by atoms with van der Waals surface area (Å²) in [5.74, 6) is 0.417. The van der Waals surface area contributed by atoms with E-state index in [0.29, 0.717) is 11.4 Å². The van der Waals surface area contributed by atoms with E-state index in [-0.39, 0.29) is 5.84 Å². The number of amidine groups is 1. The zero-order chi connectivity index (χ0) is 8.97. The fraction of sp³-hybridized carbons (Fsp3) is 0.143. The second-order valence-electron chi connectivity index (χ2n) is 2.04. The van der Waals surface area contributed by atoms with Crippen LogP contribution in [0.25, 0.3) is 0 Å². The molecule has 0 spiro atoms. The molecule has 64 valence electrons. The van der Waals surface area contributed by atoms with Gasteiger partial charge in [-0.3, -0.25) is 0 Å². The van der Waals surface area contributed by atoms with Crippen molar-refractivity contribution in [2.75, 3.05) is 7.11 Å². The Labute approximate surface area is 69.5 Å². The van der Waals surface area contributed by atoms with Gasteiger partial charge in [0, 0.05) is 6.20 Å². The summed E-state index contributed by atoms with van der Waals surface area (Å²) in [5, 5.41) is 11.2. The number of nitrogens with zero attached hydrogens (tertiary/aromatic N) is 2. The highest BCUT2D eigenvalue weighted by Gasteiger charge is 2.06. The Hall–Kier alpha value is -1.78. The van der Waals surface area contributed by atoms with Crippen LogP contribution in [0.4, 0.5) is 0 Å². The van der Waals surface area contributed by atoms with E-state index in [2.05, 4.69) is 10.1 Å². The predicted molar refractivity (Wildman–Crippen MR) is 43.3 cm³/mol. The molecular formula is C7H9N3O2. The minimum absolute atomic E-state index is 0.0625. The van der Waals surface area contributed by atoms with E-state index >= 15 is 0 Å². The summed E-state index contributed by atoms with van der Waals surface area (Å²) < 4.78 is 4.93. The minimum Gasteiger partial charge on any atom is -0.494 e. The van der Waals surface area contributed by atoms with Crippen LogP contribution in [0.3, 0.4) is 0 Å². The van der Waals surface area contributed by atoms with Crippen LogP contribution in [0.1, 0.15) is 5.69 Å². The van der Waals surface area contributed by atoms with E-state index in [1.54, 1.807) is 12.1 Å². The number of pyridine rings is 1. The Balaban J connectivity index is 3.13. The van der Waals surface area contributed by atoms with Crippen LogP contribution < -0.4 is 10.5 Å².